The molecule has 248 valence electrons. The number of carbonyl (C=O) groups is 1. The van der Waals surface area contributed by atoms with E-state index in [1.165, 1.54) is 24.5 Å². The van der Waals surface area contributed by atoms with Crippen molar-refractivity contribution in [1.29, 1.82) is 5.26 Å². The zero-order valence-corrected chi connectivity index (χ0v) is 25.4. The minimum absolute atomic E-state index is 0.161. The molecule has 0 saturated carbocycles. The fraction of sp³-hybridized carbons (Fsp3) is 0.278. The third-order valence-corrected chi connectivity index (χ3v) is 8.69. The number of carboxylic acids is 1. The Morgan fingerprint density at radius 1 is 1.00 bits per heavy atom. The standard InChI is InChI=1S/C36H30F6N4O2/c37-35(38,39)28-16-23(20-44-21-28)10-11-24-6-4-5-9-26(24)17-34(33(47)48)18-27(31(22-46-34)36(40,41)42)12-13-32-30(19-43)29(14-15-45-32)25-7-2-1-3-8-25/h1-9,12-16,20-21,27,31,46H,10-11,17-18,22H2,(H,47,48). The molecule has 0 spiro atoms. The maximum absolute atomic E-state index is 14.3. The number of hydrogen-bond donors (Lipinski definition) is 2. The lowest BCUT2D eigenvalue weighted by atomic mass is 9.72. The van der Waals surface area contributed by atoms with Crippen molar-refractivity contribution < 1.29 is 36.2 Å². The van der Waals surface area contributed by atoms with Gasteiger partial charge >= 0.3 is 18.3 Å². The number of aliphatic carboxylic acids is 1. The summed E-state index contributed by atoms with van der Waals surface area (Å²) in [5, 5.41) is 23.1. The molecule has 4 aromatic rings. The number of carboxylic acid groups (broad SMARTS) is 1. The Bertz CT molecular complexity index is 1830. The highest BCUT2D eigenvalue weighted by atomic mass is 19.4. The van der Waals surface area contributed by atoms with Crippen molar-refractivity contribution in [3.63, 3.8) is 0 Å². The molecule has 5 rings (SSSR count). The van der Waals surface area contributed by atoms with Crippen molar-refractivity contribution in [3.05, 3.63) is 125 Å². The third-order valence-electron chi connectivity index (χ3n) is 8.69. The average Bonchev–Trinajstić information content (AvgIpc) is 3.06. The quantitative estimate of drug-likeness (QED) is 0.178. The monoisotopic (exact) mass is 664 g/mol. The number of aryl methyl sites for hydroxylation is 2. The van der Waals surface area contributed by atoms with Crippen LogP contribution in [0.15, 0.2) is 91.4 Å². The first-order chi connectivity index (χ1) is 22.8. The maximum atomic E-state index is 14.3. The highest BCUT2D eigenvalue weighted by Gasteiger charge is 2.53. The summed E-state index contributed by atoms with van der Waals surface area (Å²) in [6, 6.07) is 20.5. The van der Waals surface area contributed by atoms with Crippen molar-refractivity contribution in [2.45, 2.75) is 43.6 Å². The Hall–Kier alpha value is -5.02. The van der Waals surface area contributed by atoms with Gasteiger partial charge in [-0.1, -0.05) is 60.7 Å². The van der Waals surface area contributed by atoms with Gasteiger partial charge in [0.2, 0.25) is 0 Å². The van der Waals surface area contributed by atoms with Gasteiger partial charge in [0.1, 0.15) is 11.6 Å². The van der Waals surface area contributed by atoms with Crippen molar-refractivity contribution in [1.82, 2.24) is 15.3 Å². The number of hydrogen-bond acceptors (Lipinski definition) is 5. The van der Waals surface area contributed by atoms with Gasteiger partial charge in [-0.2, -0.15) is 31.6 Å². The van der Waals surface area contributed by atoms with E-state index in [2.05, 4.69) is 21.4 Å². The molecule has 3 unspecified atom stereocenters. The molecule has 0 aliphatic carbocycles. The van der Waals surface area contributed by atoms with Crippen molar-refractivity contribution in [3.8, 4) is 17.2 Å². The summed E-state index contributed by atoms with van der Waals surface area (Å²) in [5.41, 5.74) is 0.488. The highest BCUT2D eigenvalue weighted by molar-refractivity contribution is 5.80. The lowest BCUT2D eigenvalue weighted by molar-refractivity contribution is -0.194. The largest absolute Gasteiger partial charge is 0.480 e. The minimum Gasteiger partial charge on any atom is -0.480 e. The second-order valence-corrected chi connectivity index (χ2v) is 11.8. The number of alkyl halides is 6. The topological polar surface area (TPSA) is 98.9 Å². The zero-order chi connectivity index (χ0) is 34.5. The first-order valence-electron chi connectivity index (χ1n) is 15.1. The number of nitrogens with zero attached hydrogens (tertiary/aromatic N) is 3. The van der Waals surface area contributed by atoms with Gasteiger partial charge in [-0.05, 0) is 65.6 Å². The summed E-state index contributed by atoms with van der Waals surface area (Å²) in [7, 11) is 0. The highest BCUT2D eigenvalue weighted by Crippen LogP contribution is 2.42. The summed E-state index contributed by atoms with van der Waals surface area (Å²) in [4.78, 5) is 20.8. The van der Waals surface area contributed by atoms with Gasteiger partial charge < -0.3 is 10.4 Å². The molecule has 1 fully saturated rings. The summed E-state index contributed by atoms with van der Waals surface area (Å²) >= 11 is 0. The van der Waals surface area contributed by atoms with E-state index in [0.29, 0.717) is 22.3 Å². The number of piperidine rings is 1. The zero-order valence-electron chi connectivity index (χ0n) is 25.4. The number of nitrogens with one attached hydrogen (secondary N) is 1. The number of pyridine rings is 2. The molecule has 0 radical (unpaired) electrons. The first kappa shape index (κ1) is 34.3. The van der Waals surface area contributed by atoms with Gasteiger partial charge in [-0.3, -0.25) is 14.8 Å². The second-order valence-electron chi connectivity index (χ2n) is 11.8. The molecular weight excluding hydrogens is 634 g/mol. The Labute approximate surface area is 272 Å². The Morgan fingerprint density at radius 2 is 1.71 bits per heavy atom. The smallest absolute Gasteiger partial charge is 0.417 e. The molecular formula is C36H30F6N4O2. The van der Waals surface area contributed by atoms with Crippen molar-refractivity contribution in [2.24, 2.45) is 11.8 Å². The number of allylic oxidation sites excluding steroid dienone is 1. The lowest BCUT2D eigenvalue weighted by Gasteiger charge is -2.43. The van der Waals surface area contributed by atoms with Gasteiger partial charge in [0.15, 0.2) is 0 Å². The molecule has 2 N–H and O–H groups in total. The van der Waals surface area contributed by atoms with Crippen LogP contribution in [0.5, 0.6) is 0 Å². The van der Waals surface area contributed by atoms with Crippen LogP contribution in [0.1, 0.15) is 39.9 Å². The normalized spacial score (nSPS) is 20.0. The maximum Gasteiger partial charge on any atom is 0.417 e. The Balaban J connectivity index is 1.43. The Kier molecular flexibility index (Phi) is 10.0. The summed E-state index contributed by atoms with van der Waals surface area (Å²) < 4.78 is 82.4. The summed E-state index contributed by atoms with van der Waals surface area (Å²) in [6.07, 6.45) is -3.20. The van der Waals surface area contributed by atoms with E-state index in [1.54, 1.807) is 54.6 Å². The molecule has 12 heteroatoms. The number of halogens is 6. The predicted octanol–water partition coefficient (Wildman–Crippen LogP) is 7.69. The molecule has 3 atom stereocenters. The molecule has 2 aromatic heterocycles. The van der Waals surface area contributed by atoms with Crippen LogP contribution in [0, 0.1) is 23.2 Å². The van der Waals surface area contributed by atoms with Crippen LogP contribution >= 0.6 is 0 Å². The van der Waals surface area contributed by atoms with Crippen LogP contribution < -0.4 is 5.32 Å². The van der Waals surface area contributed by atoms with Crippen molar-refractivity contribution in [2.75, 3.05) is 6.54 Å². The molecule has 6 nitrogen and oxygen atoms in total. The lowest BCUT2D eigenvalue weighted by Crippen LogP contribution is -2.62. The average molecular weight is 665 g/mol. The van der Waals surface area contributed by atoms with Crippen LogP contribution in [-0.4, -0.2) is 39.3 Å². The third kappa shape index (κ3) is 7.74. The number of rotatable bonds is 9. The fourth-order valence-electron chi connectivity index (χ4n) is 6.16. The Morgan fingerprint density at radius 3 is 2.38 bits per heavy atom. The first-order valence-corrected chi connectivity index (χ1v) is 15.1. The van der Waals surface area contributed by atoms with E-state index < -0.39 is 54.2 Å². The van der Waals surface area contributed by atoms with Crippen molar-refractivity contribution >= 4 is 12.0 Å². The van der Waals surface area contributed by atoms with Crippen LogP contribution in [-0.2, 0) is 30.2 Å². The van der Waals surface area contributed by atoms with Crippen LogP contribution in [0.3, 0.4) is 0 Å². The molecule has 1 aliphatic rings. The van der Waals surface area contributed by atoms with E-state index in [-0.39, 0.29) is 30.5 Å². The minimum atomic E-state index is -4.65. The van der Waals surface area contributed by atoms with E-state index in [4.69, 9.17) is 0 Å². The molecule has 0 amide bonds. The number of aromatic nitrogens is 2. The van der Waals surface area contributed by atoms with Gasteiger partial charge in [0.05, 0.1) is 22.7 Å². The van der Waals surface area contributed by atoms with Crippen LogP contribution in [0.4, 0.5) is 26.3 Å². The molecule has 1 aliphatic heterocycles. The molecule has 1 saturated heterocycles. The SMILES string of the molecule is N#Cc1c(-c2ccccc2)ccnc1C=CC1CC(Cc2ccccc2CCc2cncc(C(F)(F)F)c2)(C(=O)O)NCC1C(F)(F)F. The van der Waals surface area contributed by atoms with Crippen LogP contribution in [0.2, 0.25) is 0 Å². The van der Waals surface area contributed by atoms with Crippen LogP contribution in [0.25, 0.3) is 17.2 Å². The van der Waals surface area contributed by atoms with Gasteiger partial charge in [-0.15, -0.1) is 0 Å². The van der Waals surface area contributed by atoms with E-state index in [0.717, 1.165) is 17.8 Å². The van der Waals surface area contributed by atoms with Gasteiger partial charge in [-0.25, -0.2) is 0 Å². The molecule has 3 heterocycles. The number of benzene rings is 2. The number of nitriles is 1. The summed E-state index contributed by atoms with van der Waals surface area (Å²) in [6.45, 7) is -0.661. The second kappa shape index (κ2) is 14.0. The molecule has 0 bridgehead atoms. The van der Waals surface area contributed by atoms with E-state index in [9.17, 15) is 41.5 Å². The fourth-order valence-corrected chi connectivity index (χ4v) is 6.16. The van der Waals surface area contributed by atoms with Gasteiger partial charge in [0, 0.05) is 37.1 Å². The summed E-state index contributed by atoms with van der Waals surface area (Å²) in [5.74, 6) is -4.52. The van der Waals surface area contributed by atoms with Gasteiger partial charge in [0.25, 0.3) is 0 Å². The molecule has 2 aromatic carbocycles. The van der Waals surface area contributed by atoms with E-state index >= 15 is 0 Å². The van der Waals surface area contributed by atoms with E-state index in [1.807, 2.05) is 6.07 Å². The predicted molar refractivity (Wildman–Crippen MR) is 166 cm³/mol. The molecule has 48 heavy (non-hydrogen) atoms.